The summed E-state index contributed by atoms with van der Waals surface area (Å²) in [7, 11) is 0. The summed E-state index contributed by atoms with van der Waals surface area (Å²) in [4.78, 5) is 0. The minimum atomic E-state index is 0.232. The molecule has 1 aliphatic carbocycles. The Morgan fingerprint density at radius 1 is 0.926 bits per heavy atom. The van der Waals surface area contributed by atoms with Crippen LogP contribution in [0.3, 0.4) is 0 Å². The molecule has 1 saturated carbocycles. The van der Waals surface area contributed by atoms with Crippen LogP contribution in [0.25, 0.3) is 31.4 Å². The number of aromatic nitrogens is 1. The van der Waals surface area contributed by atoms with Gasteiger partial charge in [-0.2, -0.15) is 4.57 Å². The fourth-order valence-corrected chi connectivity index (χ4v) is 7.95. The number of pyridine rings is 1. The SMILES string of the molecule is CCC12c3ccc4c(sc5ccccc54)c3-c3cccc[n+]3C1(CC)C2C. The maximum atomic E-state index is 2.63. The third kappa shape index (κ3) is 1.54. The smallest absolute Gasteiger partial charge is 0.192 e. The van der Waals surface area contributed by atoms with Crippen LogP contribution < -0.4 is 4.57 Å². The van der Waals surface area contributed by atoms with E-state index < -0.39 is 0 Å². The second kappa shape index (κ2) is 4.99. The molecule has 0 bridgehead atoms. The second-order valence-electron chi connectivity index (χ2n) is 8.24. The molecule has 27 heavy (non-hydrogen) atoms. The quantitative estimate of drug-likeness (QED) is 0.358. The van der Waals surface area contributed by atoms with E-state index in [0.717, 1.165) is 0 Å². The van der Waals surface area contributed by atoms with Gasteiger partial charge in [-0.05, 0) is 24.1 Å². The van der Waals surface area contributed by atoms with E-state index in [1.807, 2.05) is 11.3 Å². The Morgan fingerprint density at radius 3 is 2.56 bits per heavy atom. The molecular formula is C25H24NS+. The molecule has 3 unspecified atom stereocenters. The molecule has 2 aliphatic rings. The highest BCUT2D eigenvalue weighted by Gasteiger charge is 2.82. The first-order chi connectivity index (χ1) is 13.2. The highest BCUT2D eigenvalue weighted by atomic mass is 32.1. The predicted molar refractivity (Wildman–Crippen MR) is 114 cm³/mol. The van der Waals surface area contributed by atoms with Gasteiger partial charge in [0.05, 0.1) is 11.0 Å². The standard InChI is InChI=1S/C25H24NS/c1-4-24-16(3)25(24,5-2)26-15-9-8-11-20(26)22-19(24)14-13-18-17-10-6-7-12-21(17)27-23(18)22/h6-16H,4-5H2,1-3H3/q+1. The molecule has 0 N–H and O–H groups in total. The van der Waals surface area contributed by atoms with Crippen LogP contribution in [0.1, 0.15) is 39.2 Å². The first-order valence-corrected chi connectivity index (χ1v) is 11.0. The van der Waals surface area contributed by atoms with Crippen LogP contribution in [0.5, 0.6) is 0 Å². The van der Waals surface area contributed by atoms with E-state index >= 15 is 0 Å². The van der Waals surface area contributed by atoms with E-state index in [-0.39, 0.29) is 11.0 Å². The van der Waals surface area contributed by atoms with Crippen LogP contribution in [0.15, 0.2) is 60.8 Å². The van der Waals surface area contributed by atoms with E-state index in [4.69, 9.17) is 0 Å². The number of hydrogen-bond donors (Lipinski definition) is 0. The Morgan fingerprint density at radius 2 is 1.74 bits per heavy atom. The second-order valence-corrected chi connectivity index (χ2v) is 9.30. The van der Waals surface area contributed by atoms with Crippen molar-refractivity contribution in [2.75, 3.05) is 0 Å². The van der Waals surface area contributed by atoms with Crippen LogP contribution in [-0.2, 0) is 11.0 Å². The lowest BCUT2D eigenvalue weighted by molar-refractivity contribution is -0.738. The largest absolute Gasteiger partial charge is 0.214 e. The molecule has 1 nitrogen and oxygen atoms in total. The molecule has 2 heteroatoms. The zero-order chi connectivity index (χ0) is 18.4. The maximum Gasteiger partial charge on any atom is 0.214 e. The van der Waals surface area contributed by atoms with Gasteiger partial charge in [-0.15, -0.1) is 11.3 Å². The molecule has 0 saturated heterocycles. The fraction of sp³-hybridized carbons (Fsp3) is 0.320. The van der Waals surface area contributed by atoms with Crippen molar-refractivity contribution in [1.29, 1.82) is 0 Å². The Bertz CT molecular complexity index is 1240. The molecule has 0 spiro atoms. The van der Waals surface area contributed by atoms with Crippen LogP contribution in [-0.4, -0.2) is 0 Å². The van der Waals surface area contributed by atoms with Gasteiger partial charge in [-0.25, -0.2) is 0 Å². The average Bonchev–Trinajstić information content (AvgIpc) is 3.07. The van der Waals surface area contributed by atoms with Crippen molar-refractivity contribution in [3.05, 3.63) is 66.4 Å². The average molecular weight is 371 g/mol. The number of thiophene rings is 1. The third-order valence-corrected chi connectivity index (χ3v) is 9.02. The lowest BCUT2D eigenvalue weighted by Gasteiger charge is -2.28. The Hall–Kier alpha value is -2.19. The van der Waals surface area contributed by atoms with Crippen molar-refractivity contribution >= 4 is 31.5 Å². The van der Waals surface area contributed by atoms with E-state index in [0.29, 0.717) is 5.92 Å². The monoisotopic (exact) mass is 370 g/mol. The van der Waals surface area contributed by atoms with Gasteiger partial charge in [0.15, 0.2) is 11.7 Å². The number of benzene rings is 2. The lowest BCUT2D eigenvalue weighted by Crippen LogP contribution is -2.54. The summed E-state index contributed by atoms with van der Waals surface area (Å²) in [6.07, 6.45) is 4.72. The van der Waals surface area contributed by atoms with Gasteiger partial charge in [-0.3, -0.25) is 0 Å². The molecule has 2 aromatic carbocycles. The van der Waals surface area contributed by atoms with Gasteiger partial charge >= 0.3 is 0 Å². The zero-order valence-corrected chi connectivity index (χ0v) is 16.9. The van der Waals surface area contributed by atoms with Crippen molar-refractivity contribution in [2.24, 2.45) is 5.92 Å². The molecule has 1 fully saturated rings. The van der Waals surface area contributed by atoms with Crippen molar-refractivity contribution in [1.82, 2.24) is 0 Å². The van der Waals surface area contributed by atoms with Crippen LogP contribution >= 0.6 is 11.3 Å². The van der Waals surface area contributed by atoms with E-state index in [9.17, 15) is 0 Å². The summed E-state index contributed by atoms with van der Waals surface area (Å²) in [6.45, 7) is 7.24. The number of fused-ring (bicyclic) bond motifs is 10. The topological polar surface area (TPSA) is 3.88 Å². The molecule has 3 heterocycles. The first-order valence-electron chi connectivity index (χ1n) is 10.2. The van der Waals surface area contributed by atoms with Gasteiger partial charge in [0.25, 0.3) is 0 Å². The number of rotatable bonds is 2. The van der Waals surface area contributed by atoms with E-state index in [1.54, 1.807) is 5.56 Å². The van der Waals surface area contributed by atoms with Crippen molar-refractivity contribution in [3.63, 3.8) is 0 Å². The van der Waals surface area contributed by atoms with Crippen molar-refractivity contribution in [2.45, 2.75) is 44.6 Å². The first kappa shape index (κ1) is 15.8. The normalized spacial score (nSPS) is 28.0. The molecule has 134 valence electrons. The number of nitrogens with zero attached hydrogens (tertiary/aromatic N) is 1. The van der Waals surface area contributed by atoms with Gasteiger partial charge < -0.3 is 0 Å². The highest BCUT2D eigenvalue weighted by molar-refractivity contribution is 7.26. The minimum Gasteiger partial charge on any atom is -0.192 e. The van der Waals surface area contributed by atoms with Gasteiger partial charge in [0.2, 0.25) is 5.69 Å². The van der Waals surface area contributed by atoms with Crippen LogP contribution in [0, 0.1) is 5.92 Å². The summed E-state index contributed by atoms with van der Waals surface area (Å²) in [6, 6.07) is 20.5. The molecular weight excluding hydrogens is 346 g/mol. The van der Waals surface area contributed by atoms with E-state index in [2.05, 4.69) is 86.1 Å². The van der Waals surface area contributed by atoms with E-state index in [1.165, 1.54) is 44.3 Å². The van der Waals surface area contributed by atoms with Crippen molar-refractivity contribution < 1.29 is 4.57 Å². The third-order valence-electron chi connectivity index (χ3n) is 7.81. The molecule has 1 aliphatic heterocycles. The van der Waals surface area contributed by atoms with Crippen molar-refractivity contribution in [3.8, 4) is 11.3 Å². The fourth-order valence-electron chi connectivity index (χ4n) is 6.69. The molecule has 2 aromatic heterocycles. The Labute approximate surface area is 164 Å². The minimum absolute atomic E-state index is 0.232. The Balaban J connectivity index is 1.82. The summed E-state index contributed by atoms with van der Waals surface area (Å²) >= 11 is 1.96. The zero-order valence-electron chi connectivity index (χ0n) is 16.1. The summed E-state index contributed by atoms with van der Waals surface area (Å²) in [5.41, 5.74) is 4.98. The Kier molecular flexibility index (Phi) is 2.93. The summed E-state index contributed by atoms with van der Waals surface area (Å²) in [5, 5.41) is 2.80. The highest BCUT2D eigenvalue weighted by Crippen LogP contribution is 2.72. The van der Waals surface area contributed by atoms with Gasteiger partial charge in [-0.1, -0.05) is 51.1 Å². The van der Waals surface area contributed by atoms with Crippen LogP contribution in [0.4, 0.5) is 0 Å². The molecule has 0 amide bonds. The molecule has 3 atom stereocenters. The molecule has 4 aromatic rings. The van der Waals surface area contributed by atoms with Gasteiger partial charge in [0.1, 0.15) is 0 Å². The summed E-state index contributed by atoms with van der Waals surface area (Å²) in [5.74, 6) is 0.666. The molecule has 0 radical (unpaired) electrons. The molecule has 6 rings (SSSR count). The van der Waals surface area contributed by atoms with Crippen LogP contribution in [0.2, 0.25) is 0 Å². The van der Waals surface area contributed by atoms with Gasteiger partial charge in [0, 0.05) is 44.6 Å². The number of hydrogen-bond acceptors (Lipinski definition) is 1. The summed E-state index contributed by atoms with van der Waals surface area (Å²) < 4.78 is 5.49. The predicted octanol–water partition coefficient (Wildman–Crippen LogP) is 6.43. The maximum absolute atomic E-state index is 2.63. The lowest BCUT2D eigenvalue weighted by atomic mass is 9.79.